The number of hydrazine groups is 1. The Balaban J connectivity index is 1.80. The van der Waals surface area contributed by atoms with Gasteiger partial charge in [-0.2, -0.15) is 23.1 Å². The van der Waals surface area contributed by atoms with Crippen LogP contribution in [0.5, 0.6) is 0 Å². The van der Waals surface area contributed by atoms with E-state index in [-0.39, 0.29) is 0 Å². The summed E-state index contributed by atoms with van der Waals surface area (Å²) in [6, 6.07) is 2.69. The van der Waals surface area contributed by atoms with Crippen LogP contribution >= 0.6 is 23.1 Å². The van der Waals surface area contributed by atoms with Crippen LogP contribution in [0.1, 0.15) is 31.2 Å². The van der Waals surface area contributed by atoms with Crippen LogP contribution in [0.25, 0.3) is 0 Å². The Bertz CT molecular complexity index is 281. The zero-order valence-corrected chi connectivity index (χ0v) is 11.2. The van der Waals surface area contributed by atoms with Gasteiger partial charge in [-0.05, 0) is 53.8 Å². The summed E-state index contributed by atoms with van der Waals surface area (Å²) in [4.78, 5) is 0. The van der Waals surface area contributed by atoms with Crippen LogP contribution in [0.3, 0.4) is 0 Å². The lowest BCUT2D eigenvalue weighted by molar-refractivity contribution is 0.449. The number of nitrogens with two attached hydrogens (primary N) is 1. The molecule has 0 spiro atoms. The molecule has 0 amide bonds. The fourth-order valence-corrected chi connectivity index (χ4v) is 4.37. The van der Waals surface area contributed by atoms with E-state index in [0.717, 1.165) is 18.1 Å². The fraction of sp³-hybridized carbons (Fsp3) is 0.667. The molecule has 0 radical (unpaired) electrons. The molecular formula is C12H20N2S2. The summed E-state index contributed by atoms with van der Waals surface area (Å²) in [6.45, 7) is 0. The average Bonchev–Trinajstić information content (AvgIpc) is 2.84. The van der Waals surface area contributed by atoms with E-state index in [1.165, 1.54) is 30.6 Å². The van der Waals surface area contributed by atoms with Crippen molar-refractivity contribution in [1.29, 1.82) is 0 Å². The molecule has 2 rings (SSSR count). The van der Waals surface area contributed by atoms with Crippen molar-refractivity contribution in [1.82, 2.24) is 5.43 Å². The van der Waals surface area contributed by atoms with Gasteiger partial charge in [0.25, 0.3) is 0 Å². The lowest BCUT2D eigenvalue weighted by Gasteiger charge is -2.29. The lowest BCUT2D eigenvalue weighted by Crippen LogP contribution is -2.43. The van der Waals surface area contributed by atoms with Crippen molar-refractivity contribution < 1.29 is 0 Å². The third kappa shape index (κ3) is 3.48. The van der Waals surface area contributed by atoms with Gasteiger partial charge in [0.15, 0.2) is 0 Å². The molecule has 2 unspecified atom stereocenters. The summed E-state index contributed by atoms with van der Waals surface area (Å²) in [7, 11) is 0. The van der Waals surface area contributed by atoms with Crippen molar-refractivity contribution in [3.05, 3.63) is 22.4 Å². The Kier molecular flexibility index (Phi) is 5.16. The standard InChI is InChI=1S/C12H20N2S2/c13-14-11(12-3-1-2-7-16-12)5-4-10-6-8-15-9-10/h6,8-9,11-12,14H,1-5,7,13H2. The summed E-state index contributed by atoms with van der Waals surface area (Å²) < 4.78 is 0. The zero-order chi connectivity index (χ0) is 11.2. The molecule has 2 heterocycles. The first-order chi connectivity index (χ1) is 7.90. The minimum absolute atomic E-state index is 0.477. The van der Waals surface area contributed by atoms with Gasteiger partial charge in [0.2, 0.25) is 0 Å². The minimum Gasteiger partial charge on any atom is -0.271 e. The van der Waals surface area contributed by atoms with Crippen molar-refractivity contribution in [3.8, 4) is 0 Å². The number of thiophene rings is 1. The number of rotatable bonds is 5. The zero-order valence-electron chi connectivity index (χ0n) is 9.52. The van der Waals surface area contributed by atoms with Crippen LogP contribution < -0.4 is 11.3 Å². The molecule has 3 N–H and O–H groups in total. The van der Waals surface area contributed by atoms with Gasteiger partial charge in [-0.15, -0.1) is 0 Å². The van der Waals surface area contributed by atoms with Gasteiger partial charge in [-0.1, -0.05) is 6.42 Å². The molecule has 2 atom stereocenters. The Hall–Kier alpha value is -0.0300. The molecule has 1 aliphatic heterocycles. The van der Waals surface area contributed by atoms with Gasteiger partial charge in [0.05, 0.1) is 0 Å². The molecule has 2 nitrogen and oxygen atoms in total. The molecule has 90 valence electrons. The molecule has 0 bridgehead atoms. The summed E-state index contributed by atoms with van der Waals surface area (Å²) >= 11 is 3.87. The summed E-state index contributed by atoms with van der Waals surface area (Å²) in [5.41, 5.74) is 4.47. The second kappa shape index (κ2) is 6.64. The first-order valence-corrected chi connectivity index (χ1v) is 7.98. The van der Waals surface area contributed by atoms with Crippen LogP contribution in [0.2, 0.25) is 0 Å². The Morgan fingerprint density at radius 1 is 1.50 bits per heavy atom. The van der Waals surface area contributed by atoms with Crippen LogP contribution in [0.15, 0.2) is 16.8 Å². The first-order valence-electron chi connectivity index (χ1n) is 5.99. The number of aryl methyl sites for hydroxylation is 1. The fourth-order valence-electron chi connectivity index (χ4n) is 2.22. The van der Waals surface area contributed by atoms with E-state index in [4.69, 9.17) is 5.84 Å². The van der Waals surface area contributed by atoms with Gasteiger partial charge in [-0.3, -0.25) is 11.3 Å². The predicted molar refractivity (Wildman–Crippen MR) is 73.8 cm³/mol. The van der Waals surface area contributed by atoms with Crippen LogP contribution in [0.4, 0.5) is 0 Å². The quantitative estimate of drug-likeness (QED) is 0.628. The van der Waals surface area contributed by atoms with Crippen molar-refractivity contribution in [2.24, 2.45) is 5.84 Å². The van der Waals surface area contributed by atoms with E-state index in [0.29, 0.717) is 6.04 Å². The molecule has 4 heteroatoms. The van der Waals surface area contributed by atoms with Gasteiger partial charge in [0.1, 0.15) is 0 Å². The van der Waals surface area contributed by atoms with E-state index >= 15 is 0 Å². The highest BCUT2D eigenvalue weighted by molar-refractivity contribution is 8.00. The molecule has 0 aromatic carbocycles. The topological polar surface area (TPSA) is 38.0 Å². The van der Waals surface area contributed by atoms with E-state index < -0.39 is 0 Å². The Morgan fingerprint density at radius 3 is 3.06 bits per heavy atom. The molecule has 16 heavy (non-hydrogen) atoms. The second-order valence-corrected chi connectivity index (χ2v) is 6.48. The SMILES string of the molecule is NNC(CCc1ccsc1)C1CCCCS1. The maximum absolute atomic E-state index is 5.68. The second-order valence-electron chi connectivity index (χ2n) is 4.35. The number of thioether (sulfide) groups is 1. The molecule has 0 saturated carbocycles. The monoisotopic (exact) mass is 256 g/mol. The maximum atomic E-state index is 5.68. The van der Waals surface area contributed by atoms with E-state index in [2.05, 4.69) is 34.0 Å². The van der Waals surface area contributed by atoms with Crippen molar-refractivity contribution in [3.63, 3.8) is 0 Å². The normalized spacial score (nSPS) is 23.2. The molecule has 0 aliphatic carbocycles. The van der Waals surface area contributed by atoms with Crippen molar-refractivity contribution in [2.45, 2.75) is 43.4 Å². The van der Waals surface area contributed by atoms with Crippen molar-refractivity contribution in [2.75, 3.05) is 5.75 Å². The van der Waals surface area contributed by atoms with Crippen LogP contribution in [0, 0.1) is 0 Å². The van der Waals surface area contributed by atoms with Crippen LogP contribution in [-0.4, -0.2) is 17.0 Å². The molecule has 1 aromatic heterocycles. The third-order valence-corrected chi connectivity index (χ3v) is 5.45. The van der Waals surface area contributed by atoms with Crippen molar-refractivity contribution >= 4 is 23.1 Å². The van der Waals surface area contributed by atoms with E-state index in [1.54, 1.807) is 11.3 Å². The number of hydrogen-bond donors (Lipinski definition) is 2. The summed E-state index contributed by atoms with van der Waals surface area (Å²) in [5.74, 6) is 6.99. The smallest absolute Gasteiger partial charge is 0.0332 e. The number of hydrogen-bond acceptors (Lipinski definition) is 4. The highest BCUT2D eigenvalue weighted by atomic mass is 32.2. The third-order valence-electron chi connectivity index (χ3n) is 3.20. The molecular weight excluding hydrogens is 236 g/mol. The molecule has 1 saturated heterocycles. The minimum atomic E-state index is 0.477. The summed E-state index contributed by atoms with van der Waals surface area (Å²) in [5, 5.41) is 5.11. The largest absolute Gasteiger partial charge is 0.271 e. The van der Waals surface area contributed by atoms with Crippen LogP contribution in [-0.2, 0) is 6.42 Å². The van der Waals surface area contributed by atoms with Gasteiger partial charge in [0, 0.05) is 11.3 Å². The predicted octanol–water partition coefficient (Wildman–Crippen LogP) is 2.80. The Morgan fingerprint density at radius 2 is 2.44 bits per heavy atom. The molecule has 1 aliphatic rings. The van der Waals surface area contributed by atoms with E-state index in [1.807, 2.05) is 0 Å². The average molecular weight is 256 g/mol. The summed E-state index contributed by atoms with van der Waals surface area (Å²) in [6.07, 6.45) is 6.38. The highest BCUT2D eigenvalue weighted by Gasteiger charge is 2.22. The first kappa shape index (κ1) is 12.4. The highest BCUT2D eigenvalue weighted by Crippen LogP contribution is 2.29. The molecule has 1 fully saturated rings. The number of nitrogens with one attached hydrogen (secondary N) is 1. The maximum Gasteiger partial charge on any atom is 0.0332 e. The van der Waals surface area contributed by atoms with Gasteiger partial charge < -0.3 is 0 Å². The van der Waals surface area contributed by atoms with Gasteiger partial charge in [-0.25, -0.2) is 0 Å². The van der Waals surface area contributed by atoms with Gasteiger partial charge >= 0.3 is 0 Å². The molecule has 1 aromatic rings. The lowest BCUT2D eigenvalue weighted by atomic mass is 10.0. The van der Waals surface area contributed by atoms with E-state index in [9.17, 15) is 0 Å². The Labute approximate surface area is 106 Å².